The second-order valence-electron chi connectivity index (χ2n) is 7.70. The van der Waals surface area contributed by atoms with Crippen molar-refractivity contribution in [3.63, 3.8) is 0 Å². The van der Waals surface area contributed by atoms with Crippen molar-refractivity contribution in [3.8, 4) is 11.3 Å². The fourth-order valence-electron chi connectivity index (χ4n) is 3.74. The van der Waals surface area contributed by atoms with Crippen LogP contribution < -0.4 is 4.90 Å². The summed E-state index contributed by atoms with van der Waals surface area (Å²) in [4.78, 5) is 7.06. The Morgan fingerprint density at radius 2 is 1.87 bits per heavy atom. The van der Waals surface area contributed by atoms with Gasteiger partial charge < -0.3 is 9.42 Å². The van der Waals surface area contributed by atoms with Gasteiger partial charge in [-0.1, -0.05) is 35.0 Å². The van der Waals surface area contributed by atoms with Gasteiger partial charge >= 0.3 is 0 Å². The molecule has 2 heterocycles. The second-order valence-corrected chi connectivity index (χ2v) is 8.14. The van der Waals surface area contributed by atoms with E-state index in [-0.39, 0.29) is 5.82 Å². The minimum absolute atomic E-state index is 0.289. The predicted molar refractivity (Wildman–Crippen MR) is 118 cm³/mol. The molecule has 5 nitrogen and oxygen atoms in total. The zero-order valence-corrected chi connectivity index (χ0v) is 17.9. The molecule has 30 heavy (non-hydrogen) atoms. The van der Waals surface area contributed by atoms with E-state index in [1.807, 2.05) is 24.3 Å². The first-order valence-corrected chi connectivity index (χ1v) is 10.6. The molecule has 1 fully saturated rings. The van der Waals surface area contributed by atoms with Crippen LogP contribution in [0.25, 0.3) is 11.3 Å². The van der Waals surface area contributed by atoms with Gasteiger partial charge in [-0.25, -0.2) is 4.39 Å². The Labute approximate surface area is 181 Å². The van der Waals surface area contributed by atoms with Crippen LogP contribution in [0.2, 0.25) is 5.02 Å². The van der Waals surface area contributed by atoms with E-state index in [9.17, 15) is 4.39 Å². The molecule has 3 aromatic rings. The van der Waals surface area contributed by atoms with E-state index in [1.54, 1.807) is 18.2 Å². The van der Waals surface area contributed by atoms with E-state index < -0.39 is 0 Å². The summed E-state index contributed by atoms with van der Waals surface area (Å²) in [7, 11) is 2.06. The van der Waals surface area contributed by atoms with Crippen LogP contribution in [0.5, 0.6) is 0 Å². The van der Waals surface area contributed by atoms with Crippen molar-refractivity contribution in [2.24, 2.45) is 0 Å². The van der Waals surface area contributed by atoms with Crippen molar-refractivity contribution in [2.45, 2.75) is 6.54 Å². The number of anilines is 1. The highest BCUT2D eigenvalue weighted by Crippen LogP contribution is 2.23. The summed E-state index contributed by atoms with van der Waals surface area (Å²) in [5.74, 6) is 0.448. The zero-order chi connectivity index (χ0) is 20.9. The first-order chi connectivity index (χ1) is 14.6. The minimum atomic E-state index is -0.289. The Balaban J connectivity index is 1.23. The molecule has 0 N–H and O–H groups in total. The monoisotopic (exact) mass is 428 g/mol. The van der Waals surface area contributed by atoms with Crippen LogP contribution >= 0.6 is 11.6 Å². The third-order valence-corrected chi connectivity index (χ3v) is 5.71. The molecule has 4 rings (SSSR count). The van der Waals surface area contributed by atoms with Crippen LogP contribution in [0.15, 0.2) is 59.1 Å². The Morgan fingerprint density at radius 1 is 1.07 bits per heavy atom. The van der Waals surface area contributed by atoms with E-state index in [0.29, 0.717) is 17.8 Å². The molecule has 0 radical (unpaired) electrons. The lowest BCUT2D eigenvalue weighted by atomic mass is 10.1. The van der Waals surface area contributed by atoms with Crippen LogP contribution in [0.1, 0.15) is 5.76 Å². The Morgan fingerprint density at radius 3 is 2.63 bits per heavy atom. The highest BCUT2D eigenvalue weighted by molar-refractivity contribution is 6.30. The number of nitrogens with zero attached hydrogens (tertiary/aromatic N) is 4. The van der Waals surface area contributed by atoms with E-state index in [1.165, 1.54) is 11.8 Å². The van der Waals surface area contributed by atoms with Gasteiger partial charge in [0, 0.05) is 61.6 Å². The van der Waals surface area contributed by atoms with Crippen molar-refractivity contribution in [1.82, 2.24) is 15.0 Å². The topological polar surface area (TPSA) is 35.8 Å². The molecule has 1 aliphatic rings. The quantitative estimate of drug-likeness (QED) is 0.557. The molecule has 0 atom stereocenters. The molecule has 0 amide bonds. The van der Waals surface area contributed by atoms with Crippen LogP contribution in [-0.2, 0) is 6.54 Å². The Bertz CT molecular complexity index is 971. The molecule has 0 aliphatic carbocycles. The molecule has 158 valence electrons. The molecule has 0 unspecified atom stereocenters. The average Bonchev–Trinajstić information content (AvgIpc) is 3.21. The lowest BCUT2D eigenvalue weighted by Crippen LogP contribution is -2.48. The largest absolute Gasteiger partial charge is 0.369 e. The fourth-order valence-corrected chi connectivity index (χ4v) is 3.93. The van der Waals surface area contributed by atoms with Crippen molar-refractivity contribution in [3.05, 3.63) is 71.2 Å². The van der Waals surface area contributed by atoms with Crippen molar-refractivity contribution in [2.75, 3.05) is 51.2 Å². The maximum Gasteiger partial charge on any atom is 0.151 e. The van der Waals surface area contributed by atoms with Gasteiger partial charge in [0.25, 0.3) is 0 Å². The van der Waals surface area contributed by atoms with Gasteiger partial charge in [0.05, 0.1) is 6.54 Å². The smallest absolute Gasteiger partial charge is 0.151 e. The molecule has 1 saturated heterocycles. The number of piperazine rings is 1. The van der Waals surface area contributed by atoms with Crippen molar-refractivity contribution < 1.29 is 8.91 Å². The van der Waals surface area contributed by atoms with E-state index in [2.05, 4.69) is 33.0 Å². The standard InChI is InChI=1S/C23H26ClFN4O/c1-27(17-20-16-23(26-30-20)21-7-2-3-8-22(21)25)9-10-28-11-13-29(14-12-28)19-6-4-5-18(24)15-19/h2-8,15-16H,9-14,17H2,1H3. The van der Waals surface area contributed by atoms with E-state index in [0.717, 1.165) is 50.1 Å². The highest BCUT2D eigenvalue weighted by atomic mass is 35.5. The zero-order valence-electron chi connectivity index (χ0n) is 17.1. The number of hydrogen-bond donors (Lipinski definition) is 0. The average molecular weight is 429 g/mol. The second kappa shape index (κ2) is 9.60. The van der Waals surface area contributed by atoms with Gasteiger partial charge in [0.2, 0.25) is 0 Å². The van der Waals surface area contributed by atoms with Gasteiger partial charge in [-0.2, -0.15) is 0 Å². The first kappa shape index (κ1) is 20.8. The maximum absolute atomic E-state index is 13.9. The summed E-state index contributed by atoms with van der Waals surface area (Å²) < 4.78 is 19.3. The van der Waals surface area contributed by atoms with Gasteiger partial charge in [0.15, 0.2) is 5.76 Å². The van der Waals surface area contributed by atoms with Gasteiger partial charge in [-0.3, -0.25) is 9.80 Å². The third-order valence-electron chi connectivity index (χ3n) is 5.48. The summed E-state index contributed by atoms with van der Waals surface area (Å²) in [6.45, 7) is 6.61. The van der Waals surface area contributed by atoms with Gasteiger partial charge in [0.1, 0.15) is 11.5 Å². The predicted octanol–water partition coefficient (Wildman–Crippen LogP) is 4.39. The number of benzene rings is 2. The number of rotatable bonds is 7. The van der Waals surface area contributed by atoms with Crippen LogP contribution in [-0.4, -0.2) is 61.3 Å². The molecule has 1 aromatic heterocycles. The van der Waals surface area contributed by atoms with Crippen molar-refractivity contribution in [1.29, 1.82) is 0 Å². The number of likely N-dealkylation sites (N-methyl/N-ethyl adjacent to an activating group) is 1. The normalized spacial score (nSPS) is 15.1. The summed E-state index contributed by atoms with van der Waals surface area (Å²) in [6, 6.07) is 16.5. The van der Waals surface area contributed by atoms with Crippen LogP contribution in [0.3, 0.4) is 0 Å². The molecule has 1 aliphatic heterocycles. The van der Waals surface area contributed by atoms with E-state index >= 15 is 0 Å². The maximum atomic E-state index is 13.9. The molecule has 0 spiro atoms. The van der Waals surface area contributed by atoms with Crippen molar-refractivity contribution >= 4 is 17.3 Å². The Kier molecular flexibility index (Phi) is 6.67. The summed E-state index contributed by atoms with van der Waals surface area (Å²) >= 11 is 6.11. The lowest BCUT2D eigenvalue weighted by molar-refractivity contribution is 0.202. The SMILES string of the molecule is CN(CCN1CCN(c2cccc(Cl)c2)CC1)Cc1cc(-c2ccccc2F)no1. The summed E-state index contributed by atoms with van der Waals surface area (Å²) in [6.07, 6.45) is 0. The van der Waals surface area contributed by atoms with E-state index in [4.69, 9.17) is 16.1 Å². The Hall–Kier alpha value is -2.41. The van der Waals surface area contributed by atoms with Crippen LogP contribution in [0, 0.1) is 5.82 Å². The minimum Gasteiger partial charge on any atom is -0.369 e. The first-order valence-electron chi connectivity index (χ1n) is 10.2. The molecule has 0 saturated carbocycles. The molecule has 0 bridgehead atoms. The highest BCUT2D eigenvalue weighted by Gasteiger charge is 2.18. The number of hydrogen-bond acceptors (Lipinski definition) is 5. The molecular weight excluding hydrogens is 403 g/mol. The lowest BCUT2D eigenvalue weighted by Gasteiger charge is -2.36. The number of aromatic nitrogens is 1. The summed E-state index contributed by atoms with van der Waals surface area (Å²) in [5, 5.41) is 4.81. The summed E-state index contributed by atoms with van der Waals surface area (Å²) in [5.41, 5.74) is 2.19. The van der Waals surface area contributed by atoms with Gasteiger partial charge in [-0.05, 0) is 37.4 Å². The number of halogens is 2. The third kappa shape index (κ3) is 5.19. The molecule has 2 aromatic carbocycles. The molecular formula is C23H26ClFN4O. The fraction of sp³-hybridized carbons (Fsp3) is 0.348. The van der Waals surface area contributed by atoms with Gasteiger partial charge in [-0.15, -0.1) is 0 Å². The van der Waals surface area contributed by atoms with Crippen LogP contribution in [0.4, 0.5) is 10.1 Å². The molecule has 7 heteroatoms.